The van der Waals surface area contributed by atoms with Crippen LogP contribution < -0.4 is 5.32 Å². The highest BCUT2D eigenvalue weighted by molar-refractivity contribution is 5.87. The second kappa shape index (κ2) is 22.5. The number of benzene rings is 3. The van der Waals surface area contributed by atoms with E-state index < -0.39 is 53.6 Å². The van der Waals surface area contributed by atoms with Crippen LogP contribution in [0.5, 0.6) is 0 Å². The van der Waals surface area contributed by atoms with Crippen LogP contribution in [0.25, 0.3) is 0 Å². The van der Waals surface area contributed by atoms with Gasteiger partial charge in [-0.05, 0) is 70.2 Å². The molecule has 2 N–H and O–H groups in total. The van der Waals surface area contributed by atoms with Gasteiger partial charge in [0.05, 0.1) is 13.1 Å². The van der Waals surface area contributed by atoms with Crippen molar-refractivity contribution in [3.8, 4) is 0 Å². The van der Waals surface area contributed by atoms with Crippen LogP contribution in [-0.2, 0) is 54.7 Å². The normalized spacial score (nSPS) is 16.6. The van der Waals surface area contributed by atoms with Crippen molar-refractivity contribution in [2.75, 3.05) is 39.3 Å². The maximum absolute atomic E-state index is 13.2. The third kappa shape index (κ3) is 15.6. The standard InChI is InChI=1S/C28H37N3O5.C18H24N2O6/c1-5-9-21-12-14-22(15-13-21)18-29-25(32)24-19-30(26(33)36-28(2,3)4)16-17-31(24)27(34)35-20-23-10-7-6-8-11-23;1-18(2,3)26-16(23)19-9-10-20(14(11-19)15(21)22)17(24)25-12-13-7-5-4-6-8-13/h6-8,10-15,24H,5,9,16-20H2,1-4H3,(H,29,32);4-8,14H,9-12H2,1-3H3,(H,21,22)/t24-;14-/m11/s1. The number of ether oxygens (including phenoxy) is 4. The first-order valence-electron chi connectivity index (χ1n) is 20.8. The number of nitrogens with one attached hydrogen (secondary N) is 1. The first kappa shape index (κ1) is 48.3. The van der Waals surface area contributed by atoms with E-state index in [-0.39, 0.29) is 58.4 Å². The van der Waals surface area contributed by atoms with Crippen LogP contribution in [0.15, 0.2) is 84.9 Å². The fraction of sp³-hybridized carbons (Fsp3) is 0.478. The van der Waals surface area contributed by atoms with Crippen molar-refractivity contribution in [2.24, 2.45) is 0 Å². The highest BCUT2D eigenvalue weighted by atomic mass is 16.6. The molecular formula is C46H61N5O11. The maximum Gasteiger partial charge on any atom is 0.410 e. The van der Waals surface area contributed by atoms with E-state index in [4.69, 9.17) is 18.9 Å². The highest BCUT2D eigenvalue weighted by Gasteiger charge is 2.40. The van der Waals surface area contributed by atoms with Gasteiger partial charge < -0.3 is 39.2 Å². The highest BCUT2D eigenvalue weighted by Crippen LogP contribution is 2.19. The number of amides is 5. The fourth-order valence-corrected chi connectivity index (χ4v) is 6.45. The van der Waals surface area contributed by atoms with Crippen molar-refractivity contribution in [1.82, 2.24) is 24.9 Å². The number of piperazine rings is 2. The Morgan fingerprint density at radius 3 is 1.42 bits per heavy atom. The Morgan fingerprint density at radius 1 is 0.581 bits per heavy atom. The Bertz CT molecular complexity index is 1950. The number of hydrogen-bond donors (Lipinski definition) is 2. The summed E-state index contributed by atoms with van der Waals surface area (Å²) in [4.78, 5) is 80.2. The molecular weight excluding hydrogens is 799 g/mol. The van der Waals surface area contributed by atoms with Crippen LogP contribution >= 0.6 is 0 Å². The summed E-state index contributed by atoms with van der Waals surface area (Å²) in [5.74, 6) is -1.55. The zero-order valence-corrected chi connectivity index (χ0v) is 36.8. The molecule has 0 aromatic heterocycles. The van der Waals surface area contributed by atoms with Gasteiger partial charge in [-0.15, -0.1) is 0 Å². The molecule has 2 heterocycles. The van der Waals surface area contributed by atoms with E-state index in [2.05, 4.69) is 24.4 Å². The van der Waals surface area contributed by atoms with Crippen molar-refractivity contribution in [3.05, 3.63) is 107 Å². The molecule has 16 heteroatoms. The molecule has 3 aromatic rings. The summed E-state index contributed by atoms with van der Waals surface area (Å²) in [6, 6.07) is 24.5. The molecule has 0 bridgehead atoms. The summed E-state index contributed by atoms with van der Waals surface area (Å²) >= 11 is 0. The van der Waals surface area contributed by atoms with E-state index in [1.54, 1.807) is 41.5 Å². The predicted molar refractivity (Wildman–Crippen MR) is 230 cm³/mol. The Hall–Kier alpha value is -6.32. The van der Waals surface area contributed by atoms with Gasteiger partial charge in [-0.1, -0.05) is 98.3 Å². The summed E-state index contributed by atoms with van der Waals surface area (Å²) in [5, 5.41) is 12.4. The summed E-state index contributed by atoms with van der Waals surface area (Å²) < 4.78 is 21.5. The molecule has 2 saturated heterocycles. The van der Waals surface area contributed by atoms with Crippen LogP contribution in [0.3, 0.4) is 0 Å². The summed E-state index contributed by atoms with van der Waals surface area (Å²) in [6.07, 6.45) is -0.334. The number of aryl methyl sites for hydroxylation is 1. The van der Waals surface area contributed by atoms with E-state index in [9.17, 15) is 33.9 Å². The molecule has 2 atom stereocenters. The van der Waals surface area contributed by atoms with Gasteiger partial charge in [0, 0.05) is 32.7 Å². The lowest BCUT2D eigenvalue weighted by molar-refractivity contribution is -0.144. The van der Waals surface area contributed by atoms with Gasteiger partial charge >= 0.3 is 30.3 Å². The average molecular weight is 860 g/mol. The Morgan fingerprint density at radius 2 is 1.00 bits per heavy atom. The molecule has 336 valence electrons. The number of rotatable bonds is 10. The van der Waals surface area contributed by atoms with Gasteiger partial charge in [-0.2, -0.15) is 0 Å². The minimum Gasteiger partial charge on any atom is -0.480 e. The predicted octanol–water partition coefficient (Wildman–Crippen LogP) is 6.84. The Kier molecular flexibility index (Phi) is 17.5. The summed E-state index contributed by atoms with van der Waals surface area (Å²) in [7, 11) is 0. The largest absolute Gasteiger partial charge is 0.480 e. The van der Waals surface area contributed by atoms with Gasteiger partial charge in [-0.3, -0.25) is 14.6 Å². The zero-order valence-electron chi connectivity index (χ0n) is 36.8. The molecule has 0 aliphatic carbocycles. The molecule has 5 rings (SSSR count). The van der Waals surface area contributed by atoms with Crippen LogP contribution in [0.4, 0.5) is 19.2 Å². The molecule has 0 unspecified atom stereocenters. The van der Waals surface area contributed by atoms with Crippen LogP contribution in [0.1, 0.15) is 77.1 Å². The SMILES string of the molecule is CC(C)(C)OC(=O)N1CCN(C(=O)OCc2ccccc2)[C@@H](C(=O)O)C1.CCCc1ccc(CNC(=O)[C@H]2CN(C(=O)OC(C)(C)C)CCN2C(=O)OCc2ccccc2)cc1. The third-order valence-electron chi connectivity index (χ3n) is 9.56. The van der Waals surface area contributed by atoms with E-state index in [1.807, 2.05) is 72.8 Å². The first-order chi connectivity index (χ1) is 29.3. The minimum atomic E-state index is -1.20. The average Bonchev–Trinajstić information content (AvgIpc) is 3.23. The number of carbonyl (C=O) groups excluding carboxylic acids is 5. The van der Waals surface area contributed by atoms with Crippen molar-refractivity contribution in [3.63, 3.8) is 0 Å². The fourth-order valence-electron chi connectivity index (χ4n) is 6.45. The van der Waals surface area contributed by atoms with Gasteiger partial charge in [0.15, 0.2) is 6.04 Å². The quantitative estimate of drug-likeness (QED) is 0.204. The lowest BCUT2D eigenvalue weighted by Gasteiger charge is -2.40. The maximum atomic E-state index is 13.2. The van der Waals surface area contributed by atoms with Crippen LogP contribution in [0.2, 0.25) is 0 Å². The van der Waals surface area contributed by atoms with Crippen molar-refractivity contribution >= 4 is 36.2 Å². The zero-order chi connectivity index (χ0) is 45.5. The summed E-state index contributed by atoms with van der Waals surface area (Å²) in [5.41, 5.74) is 2.53. The second-order valence-corrected chi connectivity index (χ2v) is 17.0. The number of hydrogen-bond acceptors (Lipinski definition) is 10. The molecule has 0 saturated carbocycles. The number of carboxylic acids is 1. The molecule has 2 aliphatic rings. The Balaban J connectivity index is 0.000000287. The van der Waals surface area contributed by atoms with Gasteiger partial charge in [0.25, 0.3) is 0 Å². The van der Waals surface area contributed by atoms with E-state index in [0.717, 1.165) is 34.4 Å². The second-order valence-electron chi connectivity index (χ2n) is 17.0. The number of nitrogens with zero attached hydrogens (tertiary/aromatic N) is 4. The monoisotopic (exact) mass is 859 g/mol. The van der Waals surface area contributed by atoms with Gasteiger partial charge in [-0.25, -0.2) is 24.0 Å². The van der Waals surface area contributed by atoms with E-state index in [1.165, 1.54) is 20.3 Å². The van der Waals surface area contributed by atoms with Crippen LogP contribution in [0, 0.1) is 0 Å². The van der Waals surface area contributed by atoms with Crippen molar-refractivity contribution in [2.45, 2.75) is 104 Å². The molecule has 5 amide bonds. The number of carbonyl (C=O) groups is 6. The van der Waals surface area contributed by atoms with E-state index in [0.29, 0.717) is 6.54 Å². The van der Waals surface area contributed by atoms with E-state index >= 15 is 0 Å². The minimum absolute atomic E-state index is 0.0244. The molecule has 0 radical (unpaired) electrons. The summed E-state index contributed by atoms with van der Waals surface area (Å²) in [6.45, 7) is 13.7. The lowest BCUT2D eigenvalue weighted by Crippen LogP contribution is -2.61. The van der Waals surface area contributed by atoms with Gasteiger partial charge in [0.1, 0.15) is 30.5 Å². The lowest BCUT2D eigenvalue weighted by atomic mass is 10.1. The molecule has 2 fully saturated rings. The molecule has 2 aliphatic heterocycles. The molecule has 3 aromatic carbocycles. The first-order valence-corrected chi connectivity index (χ1v) is 20.8. The molecule has 16 nitrogen and oxygen atoms in total. The smallest absolute Gasteiger partial charge is 0.410 e. The molecule has 0 spiro atoms. The number of carboxylic acid groups (broad SMARTS) is 1. The van der Waals surface area contributed by atoms with Crippen molar-refractivity contribution in [1.29, 1.82) is 0 Å². The van der Waals surface area contributed by atoms with Crippen molar-refractivity contribution < 1.29 is 52.8 Å². The Labute approximate surface area is 364 Å². The number of aliphatic carboxylic acids is 1. The van der Waals surface area contributed by atoms with Crippen LogP contribution in [-0.4, -0.2) is 124 Å². The molecule has 62 heavy (non-hydrogen) atoms. The topological polar surface area (TPSA) is 185 Å². The third-order valence-corrected chi connectivity index (χ3v) is 9.56. The van der Waals surface area contributed by atoms with Gasteiger partial charge in [0.2, 0.25) is 5.91 Å².